The number of benzene rings is 2. The first-order valence-corrected chi connectivity index (χ1v) is 7.79. The fraction of sp³-hybridized carbons (Fsp3) is 0.188. The third kappa shape index (κ3) is 4.29. The highest BCUT2D eigenvalue weighted by Gasteiger charge is 2.13. The van der Waals surface area contributed by atoms with Crippen molar-refractivity contribution in [1.29, 1.82) is 0 Å². The number of hydrogen-bond acceptors (Lipinski definition) is 1. The minimum atomic E-state index is -0.330. The molecule has 0 heterocycles. The van der Waals surface area contributed by atoms with Crippen LogP contribution in [0.4, 0.5) is 10.5 Å². The van der Waals surface area contributed by atoms with Crippen LogP contribution >= 0.6 is 34.8 Å². The topological polar surface area (TPSA) is 41.1 Å². The molecule has 22 heavy (non-hydrogen) atoms. The first-order chi connectivity index (χ1) is 10.4. The Morgan fingerprint density at radius 2 is 1.68 bits per heavy atom. The van der Waals surface area contributed by atoms with Crippen LogP contribution in [-0.2, 0) is 0 Å². The van der Waals surface area contributed by atoms with E-state index < -0.39 is 0 Å². The van der Waals surface area contributed by atoms with Gasteiger partial charge in [-0.2, -0.15) is 0 Å². The number of nitrogens with one attached hydrogen (secondary N) is 2. The molecule has 3 nitrogen and oxygen atoms in total. The van der Waals surface area contributed by atoms with E-state index in [2.05, 4.69) is 10.6 Å². The minimum Gasteiger partial charge on any atom is -0.331 e. The van der Waals surface area contributed by atoms with Gasteiger partial charge in [-0.1, -0.05) is 46.9 Å². The molecule has 2 N–H and O–H groups in total. The Balaban J connectivity index is 2.06. The van der Waals surface area contributed by atoms with E-state index >= 15 is 0 Å². The van der Waals surface area contributed by atoms with Crippen molar-refractivity contribution in [3.8, 4) is 0 Å². The molecule has 0 radical (unpaired) electrons. The molecule has 2 aromatic rings. The molecular weight excluding hydrogens is 343 g/mol. The number of aryl methyl sites for hydroxylation is 1. The van der Waals surface area contributed by atoms with Crippen LogP contribution in [-0.4, -0.2) is 6.03 Å². The van der Waals surface area contributed by atoms with Crippen LogP contribution < -0.4 is 10.6 Å². The van der Waals surface area contributed by atoms with Crippen molar-refractivity contribution in [3.05, 3.63) is 62.6 Å². The van der Waals surface area contributed by atoms with Crippen LogP contribution in [0, 0.1) is 6.92 Å². The number of hydrogen-bond donors (Lipinski definition) is 2. The molecule has 1 atom stereocenters. The van der Waals surface area contributed by atoms with Crippen molar-refractivity contribution < 1.29 is 4.79 Å². The third-order valence-corrected chi connectivity index (χ3v) is 4.02. The lowest BCUT2D eigenvalue weighted by atomic mass is 10.1. The van der Waals surface area contributed by atoms with Crippen LogP contribution in [0.15, 0.2) is 36.4 Å². The zero-order valence-electron chi connectivity index (χ0n) is 12.1. The van der Waals surface area contributed by atoms with Crippen molar-refractivity contribution in [2.75, 3.05) is 5.32 Å². The molecule has 0 bridgehead atoms. The highest BCUT2D eigenvalue weighted by atomic mass is 35.5. The summed E-state index contributed by atoms with van der Waals surface area (Å²) in [6, 6.07) is 9.91. The quantitative estimate of drug-likeness (QED) is 0.712. The van der Waals surface area contributed by atoms with Crippen LogP contribution in [0.1, 0.15) is 24.1 Å². The van der Waals surface area contributed by atoms with E-state index in [4.69, 9.17) is 34.8 Å². The lowest BCUT2D eigenvalue weighted by molar-refractivity contribution is 0.249. The molecule has 0 saturated carbocycles. The van der Waals surface area contributed by atoms with Gasteiger partial charge in [0.2, 0.25) is 0 Å². The third-order valence-electron chi connectivity index (χ3n) is 3.22. The van der Waals surface area contributed by atoms with E-state index in [1.54, 1.807) is 30.3 Å². The summed E-state index contributed by atoms with van der Waals surface area (Å²) in [5.74, 6) is 0. The molecule has 0 saturated heterocycles. The molecule has 0 aromatic heterocycles. The molecule has 0 aliphatic rings. The average Bonchev–Trinajstić information content (AvgIpc) is 2.42. The van der Waals surface area contributed by atoms with Gasteiger partial charge in [0.1, 0.15) is 0 Å². The van der Waals surface area contributed by atoms with E-state index in [1.807, 2.05) is 19.9 Å². The molecular formula is C16H15Cl3N2O. The average molecular weight is 358 g/mol. The van der Waals surface area contributed by atoms with Gasteiger partial charge in [-0.15, -0.1) is 0 Å². The summed E-state index contributed by atoms with van der Waals surface area (Å²) in [5.41, 5.74) is 2.39. The summed E-state index contributed by atoms with van der Waals surface area (Å²) in [7, 11) is 0. The van der Waals surface area contributed by atoms with Gasteiger partial charge in [0.05, 0.1) is 6.04 Å². The number of carbonyl (C=O) groups excluding carboxylic acids is 1. The Bertz CT molecular complexity index is 704. The molecule has 2 rings (SSSR count). The number of amides is 2. The Kier molecular flexibility index (Phi) is 5.57. The van der Waals surface area contributed by atoms with E-state index in [0.717, 1.165) is 11.1 Å². The van der Waals surface area contributed by atoms with Gasteiger partial charge in [0.25, 0.3) is 0 Å². The second kappa shape index (κ2) is 7.23. The van der Waals surface area contributed by atoms with Crippen LogP contribution in [0.2, 0.25) is 15.1 Å². The van der Waals surface area contributed by atoms with E-state index in [0.29, 0.717) is 20.8 Å². The Morgan fingerprint density at radius 1 is 1.05 bits per heavy atom. The number of rotatable bonds is 3. The number of carbonyl (C=O) groups is 1. The predicted molar refractivity (Wildman–Crippen MR) is 93.2 cm³/mol. The van der Waals surface area contributed by atoms with Crippen molar-refractivity contribution in [2.45, 2.75) is 19.9 Å². The molecule has 0 aliphatic carbocycles. The van der Waals surface area contributed by atoms with Gasteiger partial charge in [-0.3, -0.25) is 0 Å². The summed E-state index contributed by atoms with van der Waals surface area (Å²) < 4.78 is 0. The van der Waals surface area contributed by atoms with Gasteiger partial charge >= 0.3 is 6.03 Å². The van der Waals surface area contributed by atoms with Crippen molar-refractivity contribution >= 4 is 46.5 Å². The summed E-state index contributed by atoms with van der Waals surface area (Å²) in [6.45, 7) is 3.74. The molecule has 116 valence electrons. The van der Waals surface area contributed by atoms with Crippen molar-refractivity contribution in [3.63, 3.8) is 0 Å². The van der Waals surface area contributed by atoms with Gasteiger partial charge in [-0.05, 0) is 49.2 Å². The van der Waals surface area contributed by atoms with Gasteiger partial charge < -0.3 is 10.6 Å². The van der Waals surface area contributed by atoms with Crippen molar-refractivity contribution in [1.82, 2.24) is 5.32 Å². The number of halogens is 3. The maximum absolute atomic E-state index is 12.1. The lowest BCUT2D eigenvalue weighted by Crippen LogP contribution is -2.31. The second-order valence-corrected chi connectivity index (χ2v) is 6.23. The summed E-state index contributed by atoms with van der Waals surface area (Å²) >= 11 is 17.9. The summed E-state index contributed by atoms with van der Waals surface area (Å²) in [6.07, 6.45) is 0. The lowest BCUT2D eigenvalue weighted by Gasteiger charge is -2.17. The molecule has 0 spiro atoms. The maximum Gasteiger partial charge on any atom is 0.319 e. The van der Waals surface area contributed by atoms with Crippen LogP contribution in [0.3, 0.4) is 0 Å². The van der Waals surface area contributed by atoms with Gasteiger partial charge in [-0.25, -0.2) is 4.79 Å². The zero-order valence-corrected chi connectivity index (χ0v) is 14.4. The fourth-order valence-corrected chi connectivity index (χ4v) is 2.76. The summed E-state index contributed by atoms with van der Waals surface area (Å²) in [5, 5.41) is 7.24. The highest BCUT2D eigenvalue weighted by molar-refractivity contribution is 6.35. The minimum absolute atomic E-state index is 0.260. The standard InChI is InChI=1S/C16H15Cl3N2O/c1-9-3-4-12(18)8-15(9)21-16(22)20-10(2)13-6-5-11(17)7-14(13)19/h3-8,10H,1-2H3,(H2,20,21,22)/t10-/m1/s1. The monoisotopic (exact) mass is 356 g/mol. The largest absolute Gasteiger partial charge is 0.331 e. The highest BCUT2D eigenvalue weighted by Crippen LogP contribution is 2.26. The van der Waals surface area contributed by atoms with Crippen LogP contribution in [0.5, 0.6) is 0 Å². The maximum atomic E-state index is 12.1. The number of urea groups is 1. The van der Waals surface area contributed by atoms with E-state index in [-0.39, 0.29) is 12.1 Å². The molecule has 0 fully saturated rings. The second-order valence-electron chi connectivity index (χ2n) is 4.95. The Labute approximate surface area is 144 Å². The Hall–Kier alpha value is -1.42. The van der Waals surface area contributed by atoms with Gasteiger partial charge in [0.15, 0.2) is 0 Å². The van der Waals surface area contributed by atoms with Crippen molar-refractivity contribution in [2.24, 2.45) is 0 Å². The van der Waals surface area contributed by atoms with Gasteiger partial charge in [0, 0.05) is 20.8 Å². The zero-order chi connectivity index (χ0) is 16.3. The Morgan fingerprint density at radius 3 is 2.36 bits per heavy atom. The molecule has 0 aliphatic heterocycles. The first kappa shape index (κ1) is 16.9. The van der Waals surface area contributed by atoms with E-state index in [9.17, 15) is 4.79 Å². The molecule has 2 amide bonds. The fourth-order valence-electron chi connectivity index (χ4n) is 2.01. The van der Waals surface area contributed by atoms with Crippen LogP contribution in [0.25, 0.3) is 0 Å². The molecule has 2 aromatic carbocycles. The SMILES string of the molecule is Cc1ccc(Cl)cc1NC(=O)N[C@H](C)c1ccc(Cl)cc1Cl. The smallest absolute Gasteiger partial charge is 0.319 e. The number of anilines is 1. The van der Waals surface area contributed by atoms with E-state index in [1.165, 1.54) is 0 Å². The molecule has 6 heteroatoms. The normalized spacial score (nSPS) is 11.9. The molecule has 0 unspecified atom stereocenters. The first-order valence-electron chi connectivity index (χ1n) is 6.65. The summed E-state index contributed by atoms with van der Waals surface area (Å²) in [4.78, 5) is 12.1. The predicted octanol–water partition coefficient (Wildman–Crippen LogP) is 5.84.